The smallest absolute Gasteiger partial charge is 0.167 e. The van der Waals surface area contributed by atoms with Crippen molar-refractivity contribution >= 4 is 5.78 Å². The molecule has 0 amide bonds. The van der Waals surface area contributed by atoms with Crippen LogP contribution in [0.2, 0.25) is 0 Å². The van der Waals surface area contributed by atoms with Gasteiger partial charge in [0.1, 0.15) is 0 Å². The summed E-state index contributed by atoms with van der Waals surface area (Å²) in [6.07, 6.45) is 3.45. The summed E-state index contributed by atoms with van der Waals surface area (Å²) in [7, 11) is 0. The molecule has 2 fully saturated rings. The van der Waals surface area contributed by atoms with Crippen molar-refractivity contribution in [3.63, 3.8) is 0 Å². The molecular weight excluding hydrogens is 266 g/mol. The van der Waals surface area contributed by atoms with Crippen LogP contribution in [0.15, 0.2) is 12.1 Å². The lowest BCUT2D eigenvalue weighted by Gasteiger charge is -2.43. The maximum atomic E-state index is 12.8. The fraction of sp³-hybridized carbons (Fsp3) is 0.647. The highest BCUT2D eigenvalue weighted by molar-refractivity contribution is 5.98. The first-order valence-electron chi connectivity index (χ1n) is 7.80. The van der Waals surface area contributed by atoms with Crippen molar-refractivity contribution in [1.29, 1.82) is 0 Å². The minimum absolute atomic E-state index is 0.0556. The van der Waals surface area contributed by atoms with Crippen LogP contribution in [-0.4, -0.2) is 36.2 Å². The Morgan fingerprint density at radius 1 is 1.24 bits per heavy atom. The number of carbonyl (C=O) groups is 1. The molecule has 1 unspecified atom stereocenters. The van der Waals surface area contributed by atoms with Gasteiger partial charge >= 0.3 is 0 Å². The fourth-order valence-corrected chi connectivity index (χ4v) is 3.51. The first-order chi connectivity index (χ1) is 10.1. The number of aryl methyl sites for hydroxylation is 2. The van der Waals surface area contributed by atoms with Crippen LogP contribution in [0.4, 0.5) is 0 Å². The monoisotopic (exact) mass is 289 g/mol. The van der Waals surface area contributed by atoms with Crippen LogP contribution in [0.25, 0.3) is 0 Å². The van der Waals surface area contributed by atoms with Crippen molar-refractivity contribution in [2.75, 3.05) is 19.8 Å². The van der Waals surface area contributed by atoms with Crippen LogP contribution in [-0.2, 0) is 9.47 Å². The van der Waals surface area contributed by atoms with Gasteiger partial charge in [0.2, 0.25) is 0 Å². The van der Waals surface area contributed by atoms with Crippen LogP contribution in [0.1, 0.15) is 47.4 Å². The Balaban J connectivity index is 1.77. The fourth-order valence-electron chi connectivity index (χ4n) is 3.51. The minimum Gasteiger partial charge on any atom is -0.381 e. The van der Waals surface area contributed by atoms with Crippen molar-refractivity contribution in [1.82, 2.24) is 4.98 Å². The predicted octanol–water partition coefficient (Wildman–Crippen LogP) is 2.86. The van der Waals surface area contributed by atoms with Crippen molar-refractivity contribution in [2.24, 2.45) is 5.92 Å². The highest BCUT2D eigenvalue weighted by Crippen LogP contribution is 2.38. The van der Waals surface area contributed by atoms with Gasteiger partial charge in [0.05, 0.1) is 5.60 Å². The van der Waals surface area contributed by atoms with E-state index in [-0.39, 0.29) is 17.3 Å². The highest BCUT2D eigenvalue weighted by atomic mass is 16.5. The zero-order chi connectivity index (χ0) is 14.9. The van der Waals surface area contributed by atoms with Gasteiger partial charge in [0.25, 0.3) is 0 Å². The van der Waals surface area contributed by atoms with Crippen LogP contribution >= 0.6 is 0 Å². The van der Waals surface area contributed by atoms with E-state index in [1.807, 2.05) is 26.0 Å². The number of aromatic nitrogens is 1. The largest absolute Gasteiger partial charge is 0.381 e. The summed E-state index contributed by atoms with van der Waals surface area (Å²) in [6.45, 7) is 6.03. The summed E-state index contributed by atoms with van der Waals surface area (Å²) < 4.78 is 11.5. The second-order valence-electron chi connectivity index (χ2n) is 6.28. The Bertz CT molecular complexity index is 529. The van der Waals surface area contributed by atoms with Crippen molar-refractivity contribution in [3.05, 3.63) is 29.1 Å². The molecule has 4 nitrogen and oxygen atoms in total. The first kappa shape index (κ1) is 14.7. The predicted molar refractivity (Wildman–Crippen MR) is 79.5 cm³/mol. The Labute approximate surface area is 125 Å². The molecule has 2 saturated heterocycles. The molecule has 1 aromatic rings. The van der Waals surface area contributed by atoms with Gasteiger partial charge in [0, 0.05) is 42.7 Å². The molecule has 2 aliphatic heterocycles. The van der Waals surface area contributed by atoms with E-state index in [4.69, 9.17) is 9.47 Å². The topological polar surface area (TPSA) is 48.4 Å². The molecular formula is C17H23NO3. The Morgan fingerprint density at radius 3 is 2.71 bits per heavy atom. The van der Waals surface area contributed by atoms with E-state index in [2.05, 4.69) is 4.98 Å². The number of hydrogen-bond donors (Lipinski definition) is 0. The van der Waals surface area contributed by atoms with E-state index in [1.54, 1.807) is 0 Å². The summed E-state index contributed by atoms with van der Waals surface area (Å²) in [5.41, 5.74) is 2.43. The third kappa shape index (κ3) is 3.01. The van der Waals surface area contributed by atoms with Gasteiger partial charge < -0.3 is 9.47 Å². The average Bonchev–Trinajstić information content (AvgIpc) is 2.47. The van der Waals surface area contributed by atoms with Gasteiger partial charge in [-0.25, -0.2) is 0 Å². The second kappa shape index (κ2) is 5.85. The molecule has 0 aliphatic carbocycles. The van der Waals surface area contributed by atoms with Gasteiger partial charge in [-0.1, -0.05) is 0 Å². The lowest BCUT2D eigenvalue weighted by atomic mass is 9.78. The number of ether oxygens (including phenoxy) is 2. The second-order valence-corrected chi connectivity index (χ2v) is 6.28. The molecule has 21 heavy (non-hydrogen) atoms. The number of nitrogens with zero attached hydrogens (tertiary/aromatic N) is 1. The SMILES string of the molecule is Cc1ccc(C(=O)C2CCOC3(CCOCC3)C2)c(C)n1. The molecule has 3 heterocycles. The minimum atomic E-state index is -0.136. The summed E-state index contributed by atoms with van der Waals surface area (Å²) in [6, 6.07) is 3.84. The van der Waals surface area contributed by atoms with Gasteiger partial charge in [-0.3, -0.25) is 9.78 Å². The van der Waals surface area contributed by atoms with Crippen LogP contribution in [0, 0.1) is 19.8 Å². The van der Waals surface area contributed by atoms with Gasteiger partial charge in [-0.2, -0.15) is 0 Å². The Morgan fingerprint density at radius 2 is 2.00 bits per heavy atom. The Kier molecular flexibility index (Phi) is 4.09. The lowest BCUT2D eigenvalue weighted by molar-refractivity contribution is -0.142. The quantitative estimate of drug-likeness (QED) is 0.786. The summed E-state index contributed by atoms with van der Waals surface area (Å²) >= 11 is 0. The average molecular weight is 289 g/mol. The molecule has 114 valence electrons. The molecule has 1 aromatic heterocycles. The first-order valence-corrected chi connectivity index (χ1v) is 7.80. The van der Waals surface area contributed by atoms with Crippen molar-refractivity contribution in [3.8, 4) is 0 Å². The van der Waals surface area contributed by atoms with Crippen LogP contribution < -0.4 is 0 Å². The third-order valence-corrected chi connectivity index (χ3v) is 4.76. The molecule has 4 heteroatoms. The van der Waals surface area contributed by atoms with Gasteiger partial charge in [-0.15, -0.1) is 0 Å². The standard InChI is InChI=1S/C17H23NO3/c1-12-3-4-15(13(2)18-12)16(19)14-5-8-21-17(11-14)6-9-20-10-7-17/h3-4,14H,5-11H2,1-2H3. The summed E-state index contributed by atoms with van der Waals surface area (Å²) in [4.78, 5) is 17.3. The zero-order valence-corrected chi connectivity index (χ0v) is 12.9. The van der Waals surface area contributed by atoms with Crippen LogP contribution in [0.5, 0.6) is 0 Å². The summed E-state index contributed by atoms with van der Waals surface area (Å²) in [5.74, 6) is 0.286. The number of carbonyl (C=O) groups excluding carboxylic acids is 1. The molecule has 0 radical (unpaired) electrons. The van der Waals surface area contributed by atoms with Gasteiger partial charge in [0.15, 0.2) is 5.78 Å². The number of pyridine rings is 1. The van der Waals surface area contributed by atoms with E-state index in [0.717, 1.165) is 55.8 Å². The molecule has 0 saturated carbocycles. The normalized spacial score (nSPS) is 25.0. The van der Waals surface area contributed by atoms with Gasteiger partial charge in [-0.05, 0) is 51.7 Å². The molecule has 2 aliphatic rings. The maximum Gasteiger partial charge on any atom is 0.167 e. The van der Waals surface area contributed by atoms with E-state index in [0.29, 0.717) is 6.61 Å². The van der Waals surface area contributed by atoms with E-state index in [1.165, 1.54) is 0 Å². The molecule has 1 spiro atoms. The molecule has 3 rings (SSSR count). The Hall–Kier alpha value is -1.26. The number of hydrogen-bond acceptors (Lipinski definition) is 4. The van der Waals surface area contributed by atoms with Crippen molar-refractivity contribution < 1.29 is 14.3 Å². The van der Waals surface area contributed by atoms with Crippen molar-refractivity contribution in [2.45, 2.75) is 45.1 Å². The number of Topliss-reactive ketones (excluding diaryl/α,β-unsaturated/α-hetero) is 1. The number of rotatable bonds is 2. The number of ketones is 1. The zero-order valence-electron chi connectivity index (χ0n) is 12.9. The summed E-state index contributed by atoms with van der Waals surface area (Å²) in [5, 5.41) is 0. The molecule has 0 aromatic carbocycles. The lowest BCUT2D eigenvalue weighted by Crippen LogP contribution is -2.46. The molecule has 0 N–H and O–H groups in total. The maximum absolute atomic E-state index is 12.8. The van der Waals surface area contributed by atoms with E-state index < -0.39 is 0 Å². The molecule has 1 atom stereocenters. The van der Waals surface area contributed by atoms with E-state index in [9.17, 15) is 4.79 Å². The van der Waals surface area contributed by atoms with E-state index >= 15 is 0 Å². The molecule has 0 bridgehead atoms. The third-order valence-electron chi connectivity index (χ3n) is 4.76. The highest BCUT2D eigenvalue weighted by Gasteiger charge is 2.41. The van der Waals surface area contributed by atoms with Crippen LogP contribution in [0.3, 0.4) is 0 Å².